The second kappa shape index (κ2) is 9.29. The Balaban J connectivity index is 1.49. The van der Waals surface area contributed by atoms with E-state index >= 15 is 0 Å². The molecule has 3 heterocycles. The lowest BCUT2D eigenvalue weighted by atomic mass is 9.76. The first-order valence-corrected chi connectivity index (χ1v) is 11.9. The molecule has 2 aromatic rings. The summed E-state index contributed by atoms with van der Waals surface area (Å²) < 4.78 is 40.2. The molecule has 10 heteroatoms. The molecule has 1 atom stereocenters. The summed E-state index contributed by atoms with van der Waals surface area (Å²) in [5.74, 6) is -0.280. The molecule has 1 aromatic carbocycles. The number of hydrogen-bond donors (Lipinski definition) is 1. The number of carbonyl (C=O) groups excluding carboxylic acids is 2. The Morgan fingerprint density at radius 3 is 2.59 bits per heavy atom. The molecule has 34 heavy (non-hydrogen) atoms. The topological polar surface area (TPSA) is 76.4 Å². The number of nitriles is 1. The highest BCUT2D eigenvalue weighted by Crippen LogP contribution is 2.45. The van der Waals surface area contributed by atoms with Gasteiger partial charge in [0, 0.05) is 37.2 Å². The molecule has 2 amide bonds. The van der Waals surface area contributed by atoms with Crippen molar-refractivity contribution in [2.24, 2.45) is 5.41 Å². The number of piperidine rings is 1. The summed E-state index contributed by atoms with van der Waals surface area (Å²) in [5, 5.41) is 13.6. The van der Waals surface area contributed by atoms with Crippen molar-refractivity contribution in [3.05, 3.63) is 51.7 Å². The number of nitrogens with one attached hydrogen (secondary N) is 1. The van der Waals surface area contributed by atoms with Crippen molar-refractivity contribution in [2.75, 3.05) is 31.6 Å². The fraction of sp³-hybridized carbons (Fsp3) is 0.458. The van der Waals surface area contributed by atoms with Gasteiger partial charge in [0.15, 0.2) is 0 Å². The van der Waals surface area contributed by atoms with Crippen molar-refractivity contribution in [3.63, 3.8) is 0 Å². The zero-order valence-electron chi connectivity index (χ0n) is 18.7. The van der Waals surface area contributed by atoms with E-state index in [1.807, 2.05) is 22.4 Å². The normalized spacial score (nSPS) is 19.8. The van der Waals surface area contributed by atoms with E-state index < -0.39 is 23.3 Å². The quantitative estimate of drug-likeness (QED) is 0.707. The lowest BCUT2D eigenvalue weighted by molar-refractivity contribution is -0.138. The van der Waals surface area contributed by atoms with Crippen LogP contribution in [0.5, 0.6) is 0 Å². The van der Waals surface area contributed by atoms with Crippen molar-refractivity contribution in [1.82, 2.24) is 10.2 Å². The molecule has 1 spiro atoms. The molecular formula is C24H25F3N4O2S. The standard InChI is InChI=1S/C24H25F3N4O2S/c1-29-22(33)20-13-23(15-31(20)21(32)12-18-3-2-10-34-18)6-8-30(9-7-23)17-5-4-16(14-28)19(11-17)24(25,26)27/h2-5,10-11,20H,6-9,12-13,15H2,1H3,(H,29,33). The Morgan fingerprint density at radius 1 is 1.26 bits per heavy atom. The summed E-state index contributed by atoms with van der Waals surface area (Å²) in [7, 11) is 1.56. The third kappa shape index (κ3) is 4.75. The first kappa shape index (κ1) is 24.1. The number of anilines is 1. The molecule has 2 aliphatic heterocycles. The fourth-order valence-corrected chi connectivity index (χ4v) is 5.74. The van der Waals surface area contributed by atoms with E-state index in [9.17, 15) is 22.8 Å². The molecule has 4 rings (SSSR count). The van der Waals surface area contributed by atoms with Crippen LogP contribution < -0.4 is 10.2 Å². The van der Waals surface area contributed by atoms with Gasteiger partial charge in [-0.05, 0) is 54.3 Å². The molecule has 2 saturated heterocycles. The van der Waals surface area contributed by atoms with Gasteiger partial charge in [-0.3, -0.25) is 9.59 Å². The molecule has 1 N–H and O–H groups in total. The summed E-state index contributed by atoms with van der Waals surface area (Å²) >= 11 is 1.50. The predicted molar refractivity (Wildman–Crippen MR) is 122 cm³/mol. The van der Waals surface area contributed by atoms with Gasteiger partial charge in [-0.25, -0.2) is 0 Å². The largest absolute Gasteiger partial charge is 0.417 e. The van der Waals surface area contributed by atoms with Gasteiger partial charge in [0.2, 0.25) is 11.8 Å². The Labute approximate surface area is 200 Å². The summed E-state index contributed by atoms with van der Waals surface area (Å²) in [6.07, 6.45) is -2.50. The number of benzene rings is 1. The summed E-state index contributed by atoms with van der Waals surface area (Å²) in [4.78, 5) is 30.1. The van der Waals surface area contributed by atoms with Gasteiger partial charge in [0.1, 0.15) is 6.04 Å². The molecule has 0 aliphatic carbocycles. The number of hydrogen-bond acceptors (Lipinski definition) is 5. The Kier molecular flexibility index (Phi) is 6.58. The van der Waals surface area contributed by atoms with Crippen molar-refractivity contribution >= 4 is 28.8 Å². The van der Waals surface area contributed by atoms with Crippen molar-refractivity contribution in [1.29, 1.82) is 5.26 Å². The monoisotopic (exact) mass is 490 g/mol. The van der Waals surface area contributed by atoms with Crippen LogP contribution in [-0.2, 0) is 22.2 Å². The number of carbonyl (C=O) groups is 2. The van der Waals surface area contributed by atoms with Crippen LogP contribution in [0.2, 0.25) is 0 Å². The van der Waals surface area contributed by atoms with Crippen LogP contribution in [0.4, 0.5) is 18.9 Å². The van der Waals surface area contributed by atoms with Gasteiger partial charge in [-0.2, -0.15) is 18.4 Å². The molecule has 0 radical (unpaired) electrons. The molecule has 2 aliphatic rings. The molecule has 180 valence electrons. The zero-order chi connectivity index (χ0) is 24.5. The average molecular weight is 491 g/mol. The van der Waals surface area contributed by atoms with Gasteiger partial charge < -0.3 is 15.1 Å². The molecule has 0 saturated carbocycles. The number of amides is 2. The second-order valence-electron chi connectivity index (χ2n) is 8.94. The molecular weight excluding hydrogens is 465 g/mol. The molecule has 1 unspecified atom stereocenters. The number of thiophene rings is 1. The Hall–Kier alpha value is -3.06. The van der Waals surface area contributed by atoms with E-state index in [1.54, 1.807) is 24.1 Å². The van der Waals surface area contributed by atoms with E-state index in [0.29, 0.717) is 44.6 Å². The first-order valence-electron chi connectivity index (χ1n) is 11.1. The van der Waals surface area contributed by atoms with Crippen molar-refractivity contribution in [2.45, 2.75) is 37.9 Å². The summed E-state index contributed by atoms with van der Waals surface area (Å²) in [6.45, 7) is 1.48. The maximum Gasteiger partial charge on any atom is 0.417 e. The summed E-state index contributed by atoms with van der Waals surface area (Å²) in [6, 6.07) is 8.65. The van der Waals surface area contributed by atoms with Crippen LogP contribution in [0.3, 0.4) is 0 Å². The van der Waals surface area contributed by atoms with Crippen molar-refractivity contribution in [3.8, 4) is 6.07 Å². The van der Waals surface area contributed by atoms with Gasteiger partial charge in [0.25, 0.3) is 0 Å². The predicted octanol–water partition coefficient (Wildman–Crippen LogP) is 3.81. The van der Waals surface area contributed by atoms with Crippen molar-refractivity contribution < 1.29 is 22.8 Å². The minimum Gasteiger partial charge on any atom is -0.371 e. The number of likely N-dealkylation sites (N-methyl/N-ethyl adjacent to an activating group) is 1. The highest BCUT2D eigenvalue weighted by Gasteiger charge is 2.49. The van der Waals surface area contributed by atoms with E-state index in [2.05, 4.69) is 5.32 Å². The maximum atomic E-state index is 13.4. The number of halogens is 3. The van der Waals surface area contributed by atoms with Crippen LogP contribution in [0.15, 0.2) is 35.7 Å². The van der Waals surface area contributed by atoms with Crippen LogP contribution in [0.1, 0.15) is 35.3 Å². The fourth-order valence-electron chi connectivity index (χ4n) is 5.05. The number of likely N-dealkylation sites (tertiary alicyclic amines) is 1. The number of rotatable bonds is 4. The minimum absolute atomic E-state index is 0.0859. The van der Waals surface area contributed by atoms with Gasteiger partial charge in [-0.15, -0.1) is 11.3 Å². The third-order valence-corrected chi connectivity index (χ3v) is 7.78. The zero-order valence-corrected chi connectivity index (χ0v) is 19.5. The Bertz CT molecular complexity index is 1100. The Morgan fingerprint density at radius 2 is 2.00 bits per heavy atom. The maximum absolute atomic E-state index is 13.4. The lowest BCUT2D eigenvalue weighted by Crippen LogP contribution is -2.45. The van der Waals surface area contributed by atoms with Gasteiger partial charge in [0.05, 0.1) is 23.6 Å². The first-order chi connectivity index (χ1) is 16.2. The highest BCUT2D eigenvalue weighted by molar-refractivity contribution is 7.10. The van der Waals surface area contributed by atoms with E-state index in [0.717, 1.165) is 10.9 Å². The second-order valence-corrected chi connectivity index (χ2v) is 9.97. The van der Waals surface area contributed by atoms with Crippen LogP contribution in [-0.4, -0.2) is 49.4 Å². The molecule has 0 bridgehead atoms. The van der Waals surface area contributed by atoms with Crippen LogP contribution >= 0.6 is 11.3 Å². The molecule has 6 nitrogen and oxygen atoms in total. The summed E-state index contributed by atoms with van der Waals surface area (Å²) in [5.41, 5.74) is -1.15. The van der Waals surface area contributed by atoms with Crippen LogP contribution in [0, 0.1) is 16.7 Å². The number of nitrogens with zero attached hydrogens (tertiary/aromatic N) is 3. The molecule has 2 fully saturated rings. The minimum atomic E-state index is -4.60. The molecule has 1 aromatic heterocycles. The SMILES string of the molecule is CNC(=O)C1CC2(CCN(c3ccc(C#N)c(C(F)(F)F)c3)CC2)CN1C(=O)Cc1cccs1. The average Bonchev–Trinajstić information content (AvgIpc) is 3.46. The van der Waals surface area contributed by atoms with Crippen LogP contribution in [0.25, 0.3) is 0 Å². The van der Waals surface area contributed by atoms with E-state index in [4.69, 9.17) is 5.26 Å². The third-order valence-electron chi connectivity index (χ3n) is 6.90. The van der Waals surface area contributed by atoms with Gasteiger partial charge in [-0.1, -0.05) is 6.07 Å². The van der Waals surface area contributed by atoms with E-state index in [-0.39, 0.29) is 23.7 Å². The smallest absolute Gasteiger partial charge is 0.371 e. The van der Waals surface area contributed by atoms with E-state index in [1.165, 1.54) is 17.4 Å². The lowest BCUT2D eigenvalue weighted by Gasteiger charge is -2.40. The van der Waals surface area contributed by atoms with Gasteiger partial charge >= 0.3 is 6.18 Å². The number of alkyl halides is 3. The highest BCUT2D eigenvalue weighted by atomic mass is 32.1.